The molecule has 0 saturated carbocycles. The highest BCUT2D eigenvalue weighted by molar-refractivity contribution is 7.89. The van der Waals surface area contributed by atoms with Crippen molar-refractivity contribution in [3.8, 4) is 16.8 Å². The predicted molar refractivity (Wildman–Crippen MR) is 90.1 cm³/mol. The van der Waals surface area contributed by atoms with Crippen LogP contribution in [0, 0.1) is 6.92 Å². The van der Waals surface area contributed by atoms with Crippen LogP contribution in [0.1, 0.15) is 11.3 Å². The van der Waals surface area contributed by atoms with Gasteiger partial charge in [-0.2, -0.15) is 18.3 Å². The molecule has 0 amide bonds. The quantitative estimate of drug-likeness (QED) is 0.754. The number of hydrogen-bond donors (Lipinski definition) is 1. The van der Waals surface area contributed by atoms with Crippen molar-refractivity contribution in [1.29, 1.82) is 0 Å². The minimum absolute atomic E-state index is 0.0986. The van der Waals surface area contributed by atoms with E-state index in [1.54, 1.807) is 24.3 Å². The van der Waals surface area contributed by atoms with E-state index in [2.05, 4.69) is 5.10 Å². The molecular formula is C17H14F3N3O2S. The lowest BCUT2D eigenvalue weighted by atomic mass is 10.0. The van der Waals surface area contributed by atoms with E-state index >= 15 is 0 Å². The Morgan fingerprint density at radius 3 is 2.31 bits per heavy atom. The summed E-state index contributed by atoms with van der Waals surface area (Å²) in [6.45, 7) is 1.83. The maximum absolute atomic E-state index is 13.4. The lowest BCUT2D eigenvalue weighted by Gasteiger charge is -2.06. The molecule has 0 spiro atoms. The molecule has 1 heterocycles. The molecule has 0 unspecified atom stereocenters. The fourth-order valence-electron chi connectivity index (χ4n) is 2.46. The third-order valence-electron chi connectivity index (χ3n) is 3.76. The second kappa shape index (κ2) is 6.26. The molecule has 0 aliphatic rings. The molecular weight excluding hydrogens is 367 g/mol. The minimum Gasteiger partial charge on any atom is -0.240 e. The summed E-state index contributed by atoms with van der Waals surface area (Å²) in [6, 6.07) is 11.8. The first-order valence-electron chi connectivity index (χ1n) is 7.43. The maximum atomic E-state index is 13.4. The summed E-state index contributed by atoms with van der Waals surface area (Å²) in [7, 11) is -3.99. The number of nitrogens with zero attached hydrogens (tertiary/aromatic N) is 2. The van der Waals surface area contributed by atoms with Crippen LogP contribution in [0.4, 0.5) is 13.2 Å². The maximum Gasteiger partial charge on any atom is 0.435 e. The number of aromatic nitrogens is 2. The van der Waals surface area contributed by atoms with E-state index in [-0.39, 0.29) is 16.1 Å². The Morgan fingerprint density at radius 1 is 1.08 bits per heavy atom. The van der Waals surface area contributed by atoms with Crippen LogP contribution in [-0.4, -0.2) is 18.2 Å². The van der Waals surface area contributed by atoms with Crippen LogP contribution in [0.3, 0.4) is 0 Å². The van der Waals surface area contributed by atoms with Gasteiger partial charge in [0.05, 0.1) is 10.6 Å². The van der Waals surface area contributed by atoms with Crippen molar-refractivity contribution in [2.75, 3.05) is 0 Å². The van der Waals surface area contributed by atoms with Crippen molar-refractivity contribution in [2.24, 2.45) is 5.14 Å². The largest absolute Gasteiger partial charge is 0.435 e. The number of hydrogen-bond acceptors (Lipinski definition) is 3. The highest BCUT2D eigenvalue weighted by Crippen LogP contribution is 2.36. The van der Waals surface area contributed by atoms with Crippen molar-refractivity contribution in [1.82, 2.24) is 9.78 Å². The Balaban J connectivity index is 2.18. The van der Waals surface area contributed by atoms with E-state index in [1.165, 1.54) is 30.5 Å². The normalized spacial score (nSPS) is 12.3. The van der Waals surface area contributed by atoms with Gasteiger partial charge in [0.1, 0.15) is 0 Å². The van der Waals surface area contributed by atoms with Crippen molar-refractivity contribution < 1.29 is 21.6 Å². The topological polar surface area (TPSA) is 78.0 Å². The Morgan fingerprint density at radius 2 is 1.73 bits per heavy atom. The SMILES string of the molecule is Cc1ccc(-c2cn(-c3cccc(S(N)(=O)=O)c3)nc2C(F)(F)F)cc1. The van der Waals surface area contributed by atoms with Gasteiger partial charge in [0.25, 0.3) is 0 Å². The van der Waals surface area contributed by atoms with Gasteiger partial charge in [-0.1, -0.05) is 35.9 Å². The molecule has 2 aromatic carbocycles. The number of rotatable bonds is 3. The third kappa shape index (κ3) is 3.63. The smallest absolute Gasteiger partial charge is 0.240 e. The molecule has 0 bridgehead atoms. The molecule has 5 nitrogen and oxygen atoms in total. The summed E-state index contributed by atoms with van der Waals surface area (Å²) < 4.78 is 64.2. The van der Waals surface area contributed by atoms with Crippen LogP contribution in [0.5, 0.6) is 0 Å². The van der Waals surface area contributed by atoms with Gasteiger partial charge in [-0.05, 0) is 30.7 Å². The van der Waals surface area contributed by atoms with Gasteiger partial charge in [-0.3, -0.25) is 0 Å². The second-order valence-corrected chi connectivity index (χ2v) is 7.30. The summed E-state index contributed by atoms with van der Waals surface area (Å²) in [6.07, 6.45) is -3.45. The summed E-state index contributed by atoms with van der Waals surface area (Å²) in [4.78, 5) is -0.212. The summed E-state index contributed by atoms with van der Waals surface area (Å²) in [5, 5.41) is 8.71. The molecule has 0 radical (unpaired) electrons. The van der Waals surface area contributed by atoms with Crippen LogP contribution in [0.25, 0.3) is 16.8 Å². The summed E-state index contributed by atoms with van der Waals surface area (Å²) in [5.74, 6) is 0. The van der Waals surface area contributed by atoms with E-state index in [4.69, 9.17) is 5.14 Å². The highest BCUT2D eigenvalue weighted by atomic mass is 32.2. The molecule has 0 aliphatic heterocycles. The molecule has 136 valence electrons. The van der Waals surface area contributed by atoms with Crippen LogP contribution < -0.4 is 5.14 Å². The molecule has 0 saturated heterocycles. The fraction of sp³-hybridized carbons (Fsp3) is 0.118. The van der Waals surface area contributed by atoms with Crippen molar-refractivity contribution in [2.45, 2.75) is 18.0 Å². The molecule has 3 rings (SSSR count). The van der Waals surface area contributed by atoms with Crippen LogP contribution in [-0.2, 0) is 16.2 Å². The average Bonchev–Trinajstić information content (AvgIpc) is 3.00. The number of sulfonamides is 1. The van der Waals surface area contributed by atoms with Gasteiger partial charge >= 0.3 is 6.18 Å². The lowest BCUT2D eigenvalue weighted by molar-refractivity contribution is -0.140. The van der Waals surface area contributed by atoms with Gasteiger partial charge in [0, 0.05) is 11.8 Å². The molecule has 9 heteroatoms. The Labute approximate surface area is 147 Å². The van der Waals surface area contributed by atoms with Crippen LogP contribution in [0.2, 0.25) is 0 Å². The highest BCUT2D eigenvalue weighted by Gasteiger charge is 2.37. The molecule has 2 N–H and O–H groups in total. The number of primary sulfonamides is 1. The van der Waals surface area contributed by atoms with Gasteiger partial charge in [0.15, 0.2) is 5.69 Å². The first-order chi connectivity index (χ1) is 12.1. The molecule has 0 fully saturated rings. The van der Waals surface area contributed by atoms with Crippen LogP contribution >= 0.6 is 0 Å². The van der Waals surface area contributed by atoms with E-state index in [9.17, 15) is 21.6 Å². The minimum atomic E-state index is -4.66. The second-order valence-electron chi connectivity index (χ2n) is 5.74. The zero-order valence-electron chi connectivity index (χ0n) is 13.5. The molecule has 26 heavy (non-hydrogen) atoms. The number of benzene rings is 2. The molecule has 1 aromatic heterocycles. The van der Waals surface area contributed by atoms with Crippen molar-refractivity contribution >= 4 is 10.0 Å². The van der Waals surface area contributed by atoms with Crippen LogP contribution in [0.15, 0.2) is 59.6 Å². The molecule has 0 aliphatic carbocycles. The fourth-order valence-corrected chi connectivity index (χ4v) is 3.02. The lowest BCUT2D eigenvalue weighted by Crippen LogP contribution is -2.12. The van der Waals surface area contributed by atoms with Gasteiger partial charge < -0.3 is 0 Å². The summed E-state index contributed by atoms with van der Waals surface area (Å²) >= 11 is 0. The van der Waals surface area contributed by atoms with Crippen molar-refractivity contribution in [3.05, 3.63) is 66.0 Å². The Bertz CT molecular complexity index is 1060. The number of nitrogens with two attached hydrogens (primary N) is 1. The van der Waals surface area contributed by atoms with Gasteiger partial charge in [-0.15, -0.1) is 0 Å². The van der Waals surface area contributed by atoms with Gasteiger partial charge in [-0.25, -0.2) is 18.2 Å². The number of halogens is 3. The van der Waals surface area contributed by atoms with Gasteiger partial charge in [0.2, 0.25) is 10.0 Å². The average molecular weight is 381 g/mol. The monoisotopic (exact) mass is 381 g/mol. The van der Waals surface area contributed by atoms with E-state index in [1.807, 2.05) is 6.92 Å². The predicted octanol–water partition coefficient (Wildman–Crippen LogP) is 3.51. The standard InChI is InChI=1S/C17H14F3N3O2S/c1-11-5-7-12(8-6-11)15-10-23(22-16(15)17(18,19)20)13-3-2-4-14(9-13)26(21,24)25/h2-10H,1H3,(H2,21,24,25). The first-order valence-corrected chi connectivity index (χ1v) is 8.97. The zero-order chi connectivity index (χ0) is 19.1. The molecule has 3 aromatic rings. The summed E-state index contributed by atoms with van der Waals surface area (Å²) in [5.41, 5.74) is 0.272. The number of aryl methyl sites for hydroxylation is 1. The molecule has 0 atom stereocenters. The van der Waals surface area contributed by atoms with E-state index in [0.717, 1.165) is 10.2 Å². The van der Waals surface area contributed by atoms with Crippen molar-refractivity contribution in [3.63, 3.8) is 0 Å². The Kier molecular flexibility index (Phi) is 4.37. The third-order valence-corrected chi connectivity index (χ3v) is 4.67. The van der Waals surface area contributed by atoms with E-state index < -0.39 is 21.9 Å². The number of alkyl halides is 3. The Hall–Kier alpha value is -2.65. The zero-order valence-corrected chi connectivity index (χ0v) is 14.3. The van der Waals surface area contributed by atoms with E-state index in [0.29, 0.717) is 5.56 Å². The first kappa shape index (κ1) is 18.2.